The second-order valence-electron chi connectivity index (χ2n) is 3.60. The van der Waals surface area contributed by atoms with E-state index in [9.17, 15) is 4.79 Å². The number of ether oxygens (including phenoxy) is 1. The fourth-order valence-corrected chi connectivity index (χ4v) is 1.43. The number of carboxylic acids is 1. The molecule has 0 fully saturated rings. The van der Waals surface area contributed by atoms with Crippen molar-refractivity contribution in [3.05, 3.63) is 36.0 Å². The van der Waals surface area contributed by atoms with Gasteiger partial charge in [-0.3, -0.25) is 0 Å². The summed E-state index contributed by atoms with van der Waals surface area (Å²) in [6.07, 6.45) is 1.39. The standard InChI is InChI=1S/C12H13N3O4/c1-2-18-11-5-10(14-7-15-11)13-6-8-3-4-9(19-8)12(16)17/h3-5,7H,2,6H2,1H3,(H,16,17)(H,13,14,15). The van der Waals surface area contributed by atoms with E-state index in [0.29, 0.717) is 30.6 Å². The van der Waals surface area contributed by atoms with Crippen molar-refractivity contribution in [2.75, 3.05) is 11.9 Å². The Kier molecular flexibility index (Phi) is 3.97. The van der Waals surface area contributed by atoms with Gasteiger partial charge in [0.05, 0.1) is 13.2 Å². The van der Waals surface area contributed by atoms with Crippen molar-refractivity contribution < 1.29 is 19.1 Å². The zero-order valence-electron chi connectivity index (χ0n) is 10.3. The van der Waals surface area contributed by atoms with Crippen LogP contribution in [0.4, 0.5) is 5.82 Å². The lowest BCUT2D eigenvalue weighted by Gasteiger charge is -2.05. The first kappa shape index (κ1) is 12.9. The second-order valence-corrected chi connectivity index (χ2v) is 3.60. The van der Waals surface area contributed by atoms with Gasteiger partial charge in [-0.05, 0) is 19.1 Å². The first-order valence-electron chi connectivity index (χ1n) is 5.69. The first-order valence-corrected chi connectivity index (χ1v) is 5.69. The molecule has 2 heterocycles. The molecular formula is C12H13N3O4. The Labute approximate surface area is 109 Å². The number of carbonyl (C=O) groups is 1. The van der Waals surface area contributed by atoms with Crippen LogP contribution in [-0.4, -0.2) is 27.7 Å². The van der Waals surface area contributed by atoms with E-state index in [1.807, 2.05) is 6.92 Å². The lowest BCUT2D eigenvalue weighted by molar-refractivity contribution is 0.0660. The van der Waals surface area contributed by atoms with Gasteiger partial charge in [-0.15, -0.1) is 0 Å². The molecule has 2 aromatic heterocycles. The third-order valence-electron chi connectivity index (χ3n) is 2.25. The molecule has 0 radical (unpaired) electrons. The quantitative estimate of drug-likeness (QED) is 0.819. The van der Waals surface area contributed by atoms with Gasteiger partial charge in [0.1, 0.15) is 17.9 Å². The zero-order chi connectivity index (χ0) is 13.7. The van der Waals surface area contributed by atoms with E-state index in [-0.39, 0.29) is 5.76 Å². The number of rotatable bonds is 6. The van der Waals surface area contributed by atoms with E-state index in [1.165, 1.54) is 12.4 Å². The predicted molar refractivity (Wildman–Crippen MR) is 66.2 cm³/mol. The van der Waals surface area contributed by atoms with E-state index in [4.69, 9.17) is 14.3 Å². The second kappa shape index (κ2) is 5.85. The van der Waals surface area contributed by atoms with Gasteiger partial charge >= 0.3 is 5.97 Å². The largest absolute Gasteiger partial charge is 0.478 e. The first-order chi connectivity index (χ1) is 9.19. The number of aromatic nitrogens is 2. The topological polar surface area (TPSA) is 97.5 Å². The number of nitrogens with one attached hydrogen (secondary N) is 1. The van der Waals surface area contributed by atoms with Crippen LogP contribution in [-0.2, 0) is 6.54 Å². The SMILES string of the molecule is CCOc1cc(NCc2ccc(C(=O)O)o2)ncn1. The number of nitrogens with zero attached hydrogens (tertiary/aromatic N) is 2. The smallest absolute Gasteiger partial charge is 0.371 e. The summed E-state index contributed by atoms with van der Waals surface area (Å²) in [6, 6.07) is 4.66. The molecule has 7 nitrogen and oxygen atoms in total. The Hall–Kier alpha value is -2.57. The average molecular weight is 263 g/mol. The summed E-state index contributed by atoms with van der Waals surface area (Å²) in [6.45, 7) is 2.72. The van der Waals surface area contributed by atoms with Crippen LogP contribution in [0.15, 0.2) is 28.9 Å². The molecule has 2 aromatic rings. The van der Waals surface area contributed by atoms with Crippen molar-refractivity contribution in [1.82, 2.24) is 9.97 Å². The summed E-state index contributed by atoms with van der Waals surface area (Å²) in [5.74, 6) is 0.382. The molecule has 100 valence electrons. The van der Waals surface area contributed by atoms with E-state index < -0.39 is 5.97 Å². The molecular weight excluding hydrogens is 250 g/mol. The highest BCUT2D eigenvalue weighted by molar-refractivity contribution is 5.84. The number of aromatic carboxylic acids is 1. The molecule has 0 bridgehead atoms. The van der Waals surface area contributed by atoms with Crippen LogP contribution in [0, 0.1) is 0 Å². The number of anilines is 1. The molecule has 0 aliphatic heterocycles. The minimum absolute atomic E-state index is 0.0884. The van der Waals surface area contributed by atoms with Crippen LogP contribution < -0.4 is 10.1 Å². The molecule has 0 amide bonds. The van der Waals surface area contributed by atoms with E-state index in [0.717, 1.165) is 0 Å². The lowest BCUT2D eigenvalue weighted by atomic mass is 10.4. The summed E-state index contributed by atoms with van der Waals surface area (Å²) >= 11 is 0. The van der Waals surface area contributed by atoms with E-state index >= 15 is 0 Å². The molecule has 0 atom stereocenters. The molecule has 2 N–H and O–H groups in total. The van der Waals surface area contributed by atoms with Gasteiger partial charge in [-0.25, -0.2) is 14.8 Å². The van der Waals surface area contributed by atoms with Gasteiger partial charge in [-0.1, -0.05) is 0 Å². The predicted octanol–water partition coefficient (Wildman–Crippen LogP) is 1.78. The number of hydrogen-bond donors (Lipinski definition) is 2. The normalized spacial score (nSPS) is 10.2. The Morgan fingerprint density at radius 2 is 2.32 bits per heavy atom. The minimum Gasteiger partial charge on any atom is -0.478 e. The Bertz CT molecular complexity index is 568. The van der Waals surface area contributed by atoms with Crippen LogP contribution >= 0.6 is 0 Å². The third-order valence-corrected chi connectivity index (χ3v) is 2.25. The van der Waals surface area contributed by atoms with Gasteiger partial charge in [-0.2, -0.15) is 0 Å². The maximum Gasteiger partial charge on any atom is 0.371 e. The monoisotopic (exact) mass is 263 g/mol. The van der Waals surface area contributed by atoms with Crippen LogP contribution in [0.3, 0.4) is 0 Å². The molecule has 0 aromatic carbocycles. The lowest BCUT2D eigenvalue weighted by Crippen LogP contribution is -2.02. The molecule has 0 aliphatic carbocycles. The summed E-state index contributed by atoms with van der Waals surface area (Å²) in [5, 5.41) is 11.7. The number of furan rings is 1. The summed E-state index contributed by atoms with van der Waals surface area (Å²) < 4.78 is 10.3. The highest BCUT2D eigenvalue weighted by Gasteiger charge is 2.08. The Morgan fingerprint density at radius 1 is 1.47 bits per heavy atom. The number of hydrogen-bond acceptors (Lipinski definition) is 6. The molecule has 0 aliphatic rings. The van der Waals surface area contributed by atoms with Crippen molar-refractivity contribution in [2.24, 2.45) is 0 Å². The van der Waals surface area contributed by atoms with Crippen LogP contribution in [0.25, 0.3) is 0 Å². The molecule has 0 spiro atoms. The van der Waals surface area contributed by atoms with Gasteiger partial charge in [0.15, 0.2) is 0 Å². The van der Waals surface area contributed by atoms with Gasteiger partial charge < -0.3 is 19.6 Å². The zero-order valence-corrected chi connectivity index (χ0v) is 10.3. The maximum absolute atomic E-state index is 10.7. The van der Waals surface area contributed by atoms with Gasteiger partial charge in [0.25, 0.3) is 0 Å². The van der Waals surface area contributed by atoms with Gasteiger partial charge in [0.2, 0.25) is 11.6 Å². The van der Waals surface area contributed by atoms with Crippen molar-refractivity contribution in [3.63, 3.8) is 0 Å². The number of carboxylic acid groups (broad SMARTS) is 1. The Morgan fingerprint density at radius 3 is 3.00 bits per heavy atom. The molecule has 0 saturated carbocycles. The third kappa shape index (κ3) is 3.44. The van der Waals surface area contributed by atoms with Gasteiger partial charge in [0, 0.05) is 6.07 Å². The highest BCUT2D eigenvalue weighted by Crippen LogP contribution is 2.13. The van der Waals surface area contributed by atoms with E-state index in [1.54, 1.807) is 12.1 Å². The van der Waals surface area contributed by atoms with Crippen LogP contribution in [0.1, 0.15) is 23.2 Å². The van der Waals surface area contributed by atoms with Crippen molar-refractivity contribution >= 4 is 11.8 Å². The minimum atomic E-state index is -1.09. The summed E-state index contributed by atoms with van der Waals surface area (Å²) in [5.41, 5.74) is 0. The fraction of sp³-hybridized carbons (Fsp3) is 0.250. The summed E-state index contributed by atoms with van der Waals surface area (Å²) in [4.78, 5) is 18.6. The van der Waals surface area contributed by atoms with Crippen molar-refractivity contribution in [1.29, 1.82) is 0 Å². The molecule has 7 heteroatoms. The molecule has 0 unspecified atom stereocenters. The van der Waals surface area contributed by atoms with E-state index in [2.05, 4.69) is 15.3 Å². The van der Waals surface area contributed by atoms with Crippen LogP contribution in [0.5, 0.6) is 5.88 Å². The fourth-order valence-electron chi connectivity index (χ4n) is 1.43. The van der Waals surface area contributed by atoms with Crippen molar-refractivity contribution in [2.45, 2.75) is 13.5 Å². The maximum atomic E-state index is 10.7. The average Bonchev–Trinajstić information content (AvgIpc) is 2.86. The molecule has 2 rings (SSSR count). The van der Waals surface area contributed by atoms with Crippen LogP contribution in [0.2, 0.25) is 0 Å². The van der Waals surface area contributed by atoms with Crippen molar-refractivity contribution in [3.8, 4) is 5.88 Å². The highest BCUT2D eigenvalue weighted by atomic mass is 16.5. The molecule has 19 heavy (non-hydrogen) atoms. The summed E-state index contributed by atoms with van der Waals surface area (Å²) in [7, 11) is 0. The Balaban J connectivity index is 1.97. The molecule has 0 saturated heterocycles.